The molecule has 1 aliphatic heterocycles. The van der Waals surface area contributed by atoms with Crippen LogP contribution in [0.1, 0.15) is 25.5 Å². The molecule has 1 aromatic rings. The van der Waals surface area contributed by atoms with E-state index in [4.69, 9.17) is 0 Å². The lowest BCUT2D eigenvalue weighted by Crippen LogP contribution is -2.49. The van der Waals surface area contributed by atoms with Gasteiger partial charge in [-0.3, -0.25) is 9.89 Å². The molecule has 19 heavy (non-hydrogen) atoms. The quantitative estimate of drug-likeness (QED) is 0.818. The molecule has 2 N–H and O–H groups in total. The molecule has 0 spiro atoms. The predicted octanol–water partition coefficient (Wildman–Crippen LogP) is 0.00732. The number of aromatic amines is 1. The topological polar surface area (TPSA) is 95.2 Å². The van der Waals surface area contributed by atoms with Gasteiger partial charge in [0.2, 0.25) is 15.9 Å². The molecule has 0 aromatic carbocycles. The van der Waals surface area contributed by atoms with Crippen LogP contribution in [-0.2, 0) is 14.8 Å². The minimum absolute atomic E-state index is 0.117. The number of carbonyl (C=O) groups is 1. The average Bonchev–Trinajstić information content (AvgIpc) is 2.75. The van der Waals surface area contributed by atoms with E-state index in [1.165, 1.54) is 17.4 Å². The van der Waals surface area contributed by atoms with Crippen molar-refractivity contribution in [3.8, 4) is 0 Å². The van der Waals surface area contributed by atoms with Gasteiger partial charge < -0.3 is 5.32 Å². The van der Waals surface area contributed by atoms with Crippen LogP contribution in [0.3, 0.4) is 0 Å². The number of piperidine rings is 1. The van der Waals surface area contributed by atoms with Crippen LogP contribution in [0.4, 0.5) is 0 Å². The summed E-state index contributed by atoms with van der Waals surface area (Å²) in [6.45, 7) is 3.90. The monoisotopic (exact) mass is 286 g/mol. The van der Waals surface area contributed by atoms with Gasteiger partial charge in [-0.25, -0.2) is 8.42 Å². The van der Waals surface area contributed by atoms with Crippen molar-refractivity contribution in [1.82, 2.24) is 19.8 Å². The molecule has 1 aromatic heterocycles. The highest BCUT2D eigenvalue weighted by Gasteiger charge is 2.32. The van der Waals surface area contributed by atoms with Gasteiger partial charge in [-0.15, -0.1) is 0 Å². The Morgan fingerprint density at radius 3 is 2.89 bits per heavy atom. The van der Waals surface area contributed by atoms with E-state index < -0.39 is 10.0 Å². The van der Waals surface area contributed by atoms with Crippen molar-refractivity contribution in [2.24, 2.45) is 0 Å². The molecular weight excluding hydrogens is 268 g/mol. The fourth-order valence-corrected chi connectivity index (χ4v) is 3.95. The largest absolute Gasteiger partial charge is 0.352 e. The number of sulfonamides is 1. The molecular formula is C11H18N4O3S. The summed E-state index contributed by atoms with van der Waals surface area (Å²) < 4.78 is 26.3. The zero-order chi connectivity index (χ0) is 14.0. The van der Waals surface area contributed by atoms with Crippen molar-refractivity contribution in [1.29, 1.82) is 0 Å². The summed E-state index contributed by atoms with van der Waals surface area (Å²) >= 11 is 0. The minimum Gasteiger partial charge on any atom is -0.352 e. The number of aryl methyl sites for hydroxylation is 1. The molecule has 1 saturated heterocycles. The summed E-state index contributed by atoms with van der Waals surface area (Å²) in [4.78, 5) is 11.3. The van der Waals surface area contributed by atoms with E-state index in [1.54, 1.807) is 6.92 Å². The van der Waals surface area contributed by atoms with E-state index in [2.05, 4.69) is 15.5 Å². The molecule has 0 saturated carbocycles. The Hall–Kier alpha value is -1.41. The number of nitrogens with one attached hydrogen (secondary N) is 2. The number of hydrogen-bond donors (Lipinski definition) is 2. The summed E-state index contributed by atoms with van der Waals surface area (Å²) in [6.07, 6.45) is 2.86. The third kappa shape index (κ3) is 2.95. The first-order valence-electron chi connectivity index (χ1n) is 6.18. The zero-order valence-corrected chi connectivity index (χ0v) is 11.8. The van der Waals surface area contributed by atoms with E-state index in [1.807, 2.05) is 0 Å². The molecule has 1 unspecified atom stereocenters. The highest BCUT2D eigenvalue weighted by Crippen LogP contribution is 2.21. The van der Waals surface area contributed by atoms with E-state index in [-0.39, 0.29) is 16.8 Å². The van der Waals surface area contributed by atoms with E-state index in [9.17, 15) is 13.2 Å². The molecule has 1 amide bonds. The number of aromatic nitrogens is 2. The highest BCUT2D eigenvalue weighted by atomic mass is 32.2. The van der Waals surface area contributed by atoms with Crippen LogP contribution in [0.25, 0.3) is 0 Å². The zero-order valence-electron chi connectivity index (χ0n) is 11.0. The van der Waals surface area contributed by atoms with Gasteiger partial charge in [-0.05, 0) is 19.8 Å². The number of amides is 1. The van der Waals surface area contributed by atoms with Gasteiger partial charge in [-0.2, -0.15) is 9.40 Å². The Balaban J connectivity index is 2.17. The fraction of sp³-hybridized carbons (Fsp3) is 0.636. The second-order valence-corrected chi connectivity index (χ2v) is 6.67. The Morgan fingerprint density at radius 1 is 1.58 bits per heavy atom. The lowest BCUT2D eigenvalue weighted by Gasteiger charge is -2.31. The maximum atomic E-state index is 12.5. The van der Waals surface area contributed by atoms with Gasteiger partial charge in [0.25, 0.3) is 0 Å². The second kappa shape index (κ2) is 5.30. The molecule has 1 atom stereocenters. The Bertz CT molecular complexity index is 566. The molecule has 7 nitrogen and oxygen atoms in total. The van der Waals surface area contributed by atoms with E-state index in [0.29, 0.717) is 18.8 Å². The molecule has 8 heteroatoms. The Kier molecular flexibility index (Phi) is 3.91. The van der Waals surface area contributed by atoms with Crippen molar-refractivity contribution < 1.29 is 13.2 Å². The summed E-state index contributed by atoms with van der Waals surface area (Å²) in [5.41, 5.74) is 0.529. The minimum atomic E-state index is -3.53. The second-order valence-electron chi connectivity index (χ2n) is 4.76. The lowest BCUT2D eigenvalue weighted by atomic mass is 10.1. The Labute approximate surface area is 112 Å². The maximum absolute atomic E-state index is 12.5. The van der Waals surface area contributed by atoms with E-state index in [0.717, 1.165) is 12.8 Å². The highest BCUT2D eigenvalue weighted by molar-refractivity contribution is 7.89. The summed E-state index contributed by atoms with van der Waals surface area (Å²) in [7, 11) is -3.53. The summed E-state index contributed by atoms with van der Waals surface area (Å²) in [5, 5.41) is 9.16. The van der Waals surface area contributed by atoms with Gasteiger partial charge in [0.05, 0.1) is 11.9 Å². The summed E-state index contributed by atoms with van der Waals surface area (Å²) in [5.74, 6) is -0.135. The average molecular weight is 286 g/mol. The predicted molar refractivity (Wildman–Crippen MR) is 68.9 cm³/mol. The smallest absolute Gasteiger partial charge is 0.246 e. The first-order valence-corrected chi connectivity index (χ1v) is 7.62. The number of nitrogens with zero attached hydrogens (tertiary/aromatic N) is 2. The number of carbonyl (C=O) groups excluding carboxylic acids is 1. The molecule has 0 bridgehead atoms. The first kappa shape index (κ1) is 14.0. The maximum Gasteiger partial charge on any atom is 0.246 e. The van der Waals surface area contributed by atoms with Gasteiger partial charge in [0.15, 0.2) is 0 Å². The van der Waals surface area contributed by atoms with Crippen LogP contribution in [-0.4, -0.2) is 48.0 Å². The fourth-order valence-electron chi connectivity index (χ4n) is 2.30. The van der Waals surface area contributed by atoms with Crippen molar-refractivity contribution in [2.75, 3.05) is 13.1 Å². The number of rotatable bonds is 3. The summed E-state index contributed by atoms with van der Waals surface area (Å²) in [6, 6.07) is -0.117. The molecule has 0 aliphatic carbocycles. The number of H-pyrrole nitrogens is 1. The van der Waals surface area contributed by atoms with Crippen LogP contribution >= 0.6 is 0 Å². The van der Waals surface area contributed by atoms with Crippen molar-refractivity contribution in [3.05, 3.63) is 11.9 Å². The van der Waals surface area contributed by atoms with E-state index >= 15 is 0 Å². The van der Waals surface area contributed by atoms with Gasteiger partial charge in [0, 0.05) is 26.1 Å². The van der Waals surface area contributed by atoms with Gasteiger partial charge >= 0.3 is 0 Å². The molecule has 1 aliphatic rings. The number of hydrogen-bond acceptors (Lipinski definition) is 4. The molecule has 2 rings (SSSR count). The van der Waals surface area contributed by atoms with Gasteiger partial charge in [-0.1, -0.05) is 0 Å². The van der Waals surface area contributed by atoms with Crippen LogP contribution in [0.2, 0.25) is 0 Å². The lowest BCUT2D eigenvalue weighted by molar-refractivity contribution is -0.119. The third-order valence-corrected chi connectivity index (χ3v) is 5.17. The van der Waals surface area contributed by atoms with Crippen molar-refractivity contribution >= 4 is 15.9 Å². The van der Waals surface area contributed by atoms with Crippen LogP contribution < -0.4 is 5.32 Å². The molecule has 106 valence electrons. The van der Waals surface area contributed by atoms with Crippen LogP contribution in [0.15, 0.2) is 11.1 Å². The third-order valence-electron chi connectivity index (χ3n) is 3.19. The molecule has 1 fully saturated rings. The SMILES string of the molecule is CC(=O)NC1CCCN(S(=O)(=O)c2cn[nH]c2C)C1. The standard InChI is InChI=1S/C11H18N4O3S/c1-8-11(6-12-14-8)19(17,18)15-5-3-4-10(7-15)13-9(2)16/h6,10H,3-5,7H2,1-2H3,(H,12,14)(H,13,16). The first-order chi connectivity index (χ1) is 8.91. The van der Waals surface area contributed by atoms with Gasteiger partial charge in [0.1, 0.15) is 4.90 Å². The molecule has 2 heterocycles. The Morgan fingerprint density at radius 2 is 2.32 bits per heavy atom. The van der Waals surface area contributed by atoms with Crippen LogP contribution in [0.5, 0.6) is 0 Å². The van der Waals surface area contributed by atoms with Crippen molar-refractivity contribution in [2.45, 2.75) is 37.6 Å². The normalized spacial score (nSPS) is 21.3. The molecule has 0 radical (unpaired) electrons. The van der Waals surface area contributed by atoms with Crippen molar-refractivity contribution in [3.63, 3.8) is 0 Å². The van der Waals surface area contributed by atoms with Crippen LogP contribution in [0, 0.1) is 6.92 Å².